The van der Waals surface area contributed by atoms with Gasteiger partial charge >= 0.3 is 88.7 Å². The van der Waals surface area contributed by atoms with Crippen LogP contribution in [0, 0.1) is 0 Å². The number of nitrogens with zero attached hydrogens (tertiary/aromatic N) is 2. The van der Waals surface area contributed by atoms with Crippen molar-refractivity contribution >= 4 is 88.2 Å². The molecule has 0 atom stereocenters. The van der Waals surface area contributed by atoms with Gasteiger partial charge in [0, 0.05) is 16.9 Å². The Bertz CT molecular complexity index is 2700. The van der Waals surface area contributed by atoms with Gasteiger partial charge in [0.2, 0.25) is 11.6 Å². The molecule has 6 rings (SSSR count). The summed E-state index contributed by atoms with van der Waals surface area (Å²) in [4.78, 5) is 23.6. The molecule has 0 bridgehead atoms. The van der Waals surface area contributed by atoms with E-state index in [4.69, 9.17) is 11.5 Å². The molecule has 0 aliphatic heterocycles. The fraction of sp³-hybridized carbons (Fsp3) is 0. The normalized spacial score (nSPS) is 15.3. The van der Waals surface area contributed by atoms with Crippen LogP contribution in [0.2, 0.25) is 0 Å². The second-order valence-electron chi connectivity index (χ2n) is 11.2. The Morgan fingerprint density at radius 3 is 1.45 bits per heavy atom. The minimum absolute atomic E-state index is 0. The van der Waals surface area contributed by atoms with Crippen LogP contribution in [0.1, 0.15) is 31.8 Å². The summed E-state index contributed by atoms with van der Waals surface area (Å²) in [5, 5.41) is 7.75. The molecular weight excluding hydrogens is 810 g/mol. The number of nitrogens with two attached hydrogens (primary N) is 2. The number of anilines is 4. The first kappa shape index (κ1) is 46.4. The Labute approximate surface area is 380 Å². The summed E-state index contributed by atoms with van der Waals surface area (Å²) < 4.78 is 106. The van der Waals surface area contributed by atoms with E-state index in [9.17, 15) is 48.5 Å². The van der Waals surface area contributed by atoms with Crippen molar-refractivity contribution in [2.75, 3.05) is 22.3 Å². The van der Waals surface area contributed by atoms with Crippen molar-refractivity contribution in [3.63, 3.8) is 0 Å². The van der Waals surface area contributed by atoms with Crippen LogP contribution < -0.4 is 111 Å². The summed E-state index contributed by atoms with van der Waals surface area (Å²) in [6.07, 6.45) is 1.76. The van der Waals surface area contributed by atoms with E-state index in [1.165, 1.54) is 30.3 Å². The van der Waals surface area contributed by atoms with E-state index in [-0.39, 0.29) is 122 Å². The zero-order valence-electron chi connectivity index (χ0n) is 28.9. The van der Waals surface area contributed by atoms with Gasteiger partial charge in [0.25, 0.3) is 0 Å². The Morgan fingerprint density at radius 2 is 1.00 bits per heavy atom. The molecule has 0 amide bonds. The predicted molar refractivity (Wildman–Crippen MR) is 188 cm³/mol. The van der Waals surface area contributed by atoms with Crippen molar-refractivity contribution < 1.29 is 137 Å². The predicted octanol–water partition coefficient (Wildman–Crippen LogP) is -6.46. The number of hydrazone groups is 2. The van der Waals surface area contributed by atoms with Crippen molar-refractivity contribution in [1.82, 2.24) is 0 Å². The summed E-state index contributed by atoms with van der Waals surface area (Å²) in [7, 11) is -15.4. The van der Waals surface area contributed by atoms with Crippen molar-refractivity contribution in [2.24, 2.45) is 10.2 Å². The topological polar surface area (TPSA) is 307 Å². The van der Waals surface area contributed by atoms with Gasteiger partial charge in [-0.1, -0.05) is 30.3 Å². The van der Waals surface area contributed by atoms with Crippen LogP contribution in [0.3, 0.4) is 0 Å². The first-order valence-corrected chi connectivity index (χ1v) is 18.7. The van der Waals surface area contributed by atoms with Crippen molar-refractivity contribution in [2.45, 2.75) is 4.90 Å². The van der Waals surface area contributed by atoms with E-state index >= 15 is 0 Å². The summed E-state index contributed by atoms with van der Waals surface area (Å²) >= 11 is 0. The number of fused-ring (bicyclic) bond motifs is 2. The van der Waals surface area contributed by atoms with Crippen molar-refractivity contribution in [1.29, 1.82) is 0 Å². The van der Waals surface area contributed by atoms with Gasteiger partial charge in [-0.15, -0.1) is 0 Å². The van der Waals surface area contributed by atoms with Crippen LogP contribution in [-0.2, 0) is 30.4 Å². The van der Waals surface area contributed by atoms with Gasteiger partial charge < -0.3 is 25.1 Å². The fourth-order valence-electron chi connectivity index (χ4n) is 5.27. The molecule has 4 aromatic carbocycles. The van der Waals surface area contributed by atoms with E-state index in [0.717, 1.165) is 18.2 Å². The van der Waals surface area contributed by atoms with E-state index in [1.54, 1.807) is 36.4 Å². The number of hydrogen-bond acceptors (Lipinski definition) is 17. The number of carbonyl (C=O) groups is 2. The summed E-state index contributed by atoms with van der Waals surface area (Å²) in [6.45, 7) is 0. The zero-order chi connectivity index (χ0) is 37.7. The fourth-order valence-corrected chi connectivity index (χ4v) is 7.11. The molecule has 0 saturated heterocycles. The van der Waals surface area contributed by atoms with Crippen LogP contribution in [-0.4, -0.2) is 61.9 Å². The maximum atomic E-state index is 13.2. The van der Waals surface area contributed by atoms with Crippen LogP contribution in [0.5, 0.6) is 0 Å². The molecule has 0 unspecified atom stereocenters. The van der Waals surface area contributed by atoms with E-state index < -0.39 is 73.7 Å². The van der Waals surface area contributed by atoms with Crippen LogP contribution in [0.25, 0.3) is 23.3 Å². The summed E-state index contributed by atoms with van der Waals surface area (Å²) in [5.41, 5.74) is 16.5. The zero-order valence-corrected chi connectivity index (χ0v) is 37.4. The smallest absolute Gasteiger partial charge is 0.744 e. The molecule has 2 aliphatic carbocycles. The Hall–Kier alpha value is -3.03. The Balaban J connectivity index is 0.00000271. The van der Waals surface area contributed by atoms with Crippen molar-refractivity contribution in [3.05, 3.63) is 111 Å². The number of rotatable bonds is 8. The average Bonchev–Trinajstić information content (AvgIpc) is 3.06. The van der Waals surface area contributed by atoms with E-state index in [0.29, 0.717) is 22.9 Å². The molecule has 4 aromatic rings. The quantitative estimate of drug-likeness (QED) is 0.0556. The molecular formula is C32H21N6Na3O11S3. The standard InChI is InChI=1S/C32H24N6O11S3.3Na/c33-20-6-1-18-12-26(51(44,45)46)29(31(39)24(18)14-20)37-35-21-7-2-16(3-8-21)17-4-9-22(10-5-17)36-38-30-27(52(47,48)49)13-19-11-23(50(41,42)43)15-25(34)28(19)32(30)40;;;/h1-15,35-36H,33-34H2,(H,41,42,43)(H,44,45,46)(H,47,48,49);;;/q;3*+1/p-3/b37-29-,38-30+;;;. The molecule has 55 heavy (non-hydrogen) atoms. The van der Waals surface area contributed by atoms with Crippen molar-refractivity contribution in [3.8, 4) is 11.1 Å². The van der Waals surface area contributed by atoms with Crippen LogP contribution in [0.15, 0.2) is 104 Å². The molecule has 0 aromatic heterocycles. The minimum atomic E-state index is -5.33. The SMILES string of the molecule is Nc1ccc2c(c1)C(=O)/C(=N\Nc1ccc(-c3ccc(N/N=C4/C(=O)c5c(N)cc(S(=O)(=O)[O-])cc5C=C4S(=O)(=O)[O-])cc3)cc1)C(S(=O)(=O)[O-])=C2.[Na+].[Na+].[Na+]. The third-order valence-corrected chi connectivity index (χ3v) is 10.2. The number of carbonyl (C=O) groups excluding carboxylic acids is 2. The molecule has 0 radical (unpaired) electrons. The third kappa shape index (κ3) is 10.1. The van der Waals surface area contributed by atoms with E-state index in [2.05, 4.69) is 21.1 Å². The van der Waals surface area contributed by atoms with E-state index in [1.807, 2.05) is 0 Å². The number of nitrogen functional groups attached to an aromatic ring is 2. The number of allylic oxidation sites excluding steroid dienone is 2. The average molecular weight is 831 g/mol. The number of hydrogen-bond donors (Lipinski definition) is 4. The Kier molecular flexibility index (Phi) is 14.9. The molecule has 0 spiro atoms. The second kappa shape index (κ2) is 17.6. The van der Waals surface area contributed by atoms with Gasteiger partial charge in [-0.05, 0) is 82.9 Å². The number of nitrogens with one attached hydrogen (secondary N) is 2. The third-order valence-electron chi connectivity index (χ3n) is 7.72. The van der Waals surface area contributed by atoms with Crippen LogP contribution >= 0.6 is 0 Å². The Morgan fingerprint density at radius 1 is 0.545 bits per heavy atom. The maximum Gasteiger partial charge on any atom is 1.00 e. The molecule has 0 fully saturated rings. The van der Waals surface area contributed by atoms with Gasteiger partial charge in [0.05, 0.1) is 31.6 Å². The van der Waals surface area contributed by atoms with Gasteiger partial charge in [-0.3, -0.25) is 20.4 Å². The molecule has 6 N–H and O–H groups in total. The maximum absolute atomic E-state index is 13.2. The largest absolute Gasteiger partial charge is 1.00 e. The first-order chi connectivity index (χ1) is 24.3. The monoisotopic (exact) mass is 830 g/mol. The molecule has 0 heterocycles. The molecule has 17 nitrogen and oxygen atoms in total. The number of ketones is 2. The minimum Gasteiger partial charge on any atom is -0.744 e. The first-order valence-electron chi connectivity index (χ1n) is 14.4. The summed E-state index contributed by atoms with van der Waals surface area (Å²) in [5.74, 6) is -1.91. The van der Waals surface area contributed by atoms with Gasteiger partial charge in [0.15, 0.2) is 0 Å². The second-order valence-corrected chi connectivity index (χ2v) is 15.2. The molecule has 2 aliphatic rings. The number of Topliss-reactive ketones (excluding diaryl/α,β-unsaturated/α-hetero) is 2. The number of benzene rings is 4. The van der Waals surface area contributed by atoms with Gasteiger partial charge in [-0.25, -0.2) is 25.3 Å². The van der Waals surface area contributed by atoms with Gasteiger partial charge in [-0.2, -0.15) is 10.2 Å². The van der Waals surface area contributed by atoms with Crippen LogP contribution in [0.4, 0.5) is 22.7 Å². The molecule has 0 saturated carbocycles. The summed E-state index contributed by atoms with van der Waals surface area (Å²) in [6, 6.07) is 18.5. The molecule has 266 valence electrons. The molecule has 23 heteroatoms. The van der Waals surface area contributed by atoms with Gasteiger partial charge in [0.1, 0.15) is 41.8 Å².